The lowest BCUT2D eigenvalue weighted by Gasteiger charge is -2.15. The quantitative estimate of drug-likeness (QED) is 0.539. The van der Waals surface area contributed by atoms with Crippen molar-refractivity contribution in [3.8, 4) is 0 Å². The number of carbonyl (C=O) groups is 1. The summed E-state index contributed by atoms with van der Waals surface area (Å²) < 4.78 is 1.23. The molecule has 0 fully saturated rings. The monoisotopic (exact) mass is 402 g/mol. The second-order valence-corrected chi connectivity index (χ2v) is 8.00. The van der Waals surface area contributed by atoms with Crippen LogP contribution in [0, 0.1) is 0 Å². The lowest BCUT2D eigenvalue weighted by atomic mass is 10.2. The first-order chi connectivity index (χ1) is 14.2. The van der Waals surface area contributed by atoms with E-state index < -0.39 is 0 Å². The van der Waals surface area contributed by atoms with E-state index in [1.165, 1.54) is 9.55 Å². The Kier molecular flexibility index (Phi) is 4.37. The van der Waals surface area contributed by atoms with Gasteiger partial charge in [-0.15, -0.1) is 11.3 Å². The molecule has 1 amide bonds. The molecule has 29 heavy (non-hydrogen) atoms. The molecule has 1 aliphatic rings. The number of para-hydroxylation sites is 1. The summed E-state index contributed by atoms with van der Waals surface area (Å²) in [5.74, 6) is -0.0743. The number of fused-ring (bicyclic) bond motifs is 3. The van der Waals surface area contributed by atoms with Crippen molar-refractivity contribution in [2.45, 2.75) is 19.3 Å². The van der Waals surface area contributed by atoms with Crippen molar-refractivity contribution in [2.24, 2.45) is 0 Å². The van der Waals surface area contributed by atoms with Crippen LogP contribution >= 0.6 is 11.3 Å². The molecule has 0 saturated heterocycles. The Balaban J connectivity index is 1.64. The van der Waals surface area contributed by atoms with Gasteiger partial charge in [-0.3, -0.25) is 15.0 Å². The highest BCUT2D eigenvalue weighted by Crippen LogP contribution is 2.35. The normalized spacial score (nSPS) is 12.7. The van der Waals surface area contributed by atoms with Gasteiger partial charge in [0.1, 0.15) is 4.83 Å². The average Bonchev–Trinajstić information content (AvgIpc) is 3.33. The standard InChI is InChI=1S/C22H18N4O2S/c27-19(14-8-3-1-4-9-14)25-26-21(28)18-16-12-7-13-17(16)29-20(18)24-22(26)23-15-10-5-2-6-11-15/h1-6,8-11H,7,12-13H2,(H,23,24)(H,25,27). The number of nitrogens with one attached hydrogen (secondary N) is 2. The summed E-state index contributed by atoms with van der Waals surface area (Å²) in [5.41, 5.74) is 4.82. The number of hydrogen-bond donors (Lipinski definition) is 2. The highest BCUT2D eigenvalue weighted by atomic mass is 32.1. The highest BCUT2D eigenvalue weighted by Gasteiger charge is 2.24. The number of aryl methyl sites for hydroxylation is 2. The van der Waals surface area contributed by atoms with Crippen molar-refractivity contribution < 1.29 is 4.79 Å². The summed E-state index contributed by atoms with van der Waals surface area (Å²) in [6, 6.07) is 18.3. The number of nitrogens with zero attached hydrogens (tertiary/aromatic N) is 2. The molecule has 2 N–H and O–H groups in total. The van der Waals surface area contributed by atoms with Gasteiger partial charge in [-0.2, -0.15) is 4.68 Å². The molecule has 0 unspecified atom stereocenters. The lowest BCUT2D eigenvalue weighted by Crippen LogP contribution is -2.35. The summed E-state index contributed by atoms with van der Waals surface area (Å²) in [6.07, 6.45) is 2.91. The molecule has 1 aliphatic carbocycles. The third-order valence-electron chi connectivity index (χ3n) is 5.02. The van der Waals surface area contributed by atoms with Gasteiger partial charge in [-0.1, -0.05) is 36.4 Å². The van der Waals surface area contributed by atoms with Crippen LogP contribution in [0.25, 0.3) is 10.2 Å². The van der Waals surface area contributed by atoms with E-state index in [2.05, 4.69) is 10.7 Å². The van der Waals surface area contributed by atoms with Gasteiger partial charge in [0.2, 0.25) is 5.95 Å². The van der Waals surface area contributed by atoms with Gasteiger partial charge >= 0.3 is 0 Å². The van der Waals surface area contributed by atoms with E-state index in [0.29, 0.717) is 15.8 Å². The van der Waals surface area contributed by atoms with Crippen molar-refractivity contribution in [1.82, 2.24) is 9.66 Å². The first-order valence-corrected chi connectivity index (χ1v) is 10.3. The number of anilines is 2. The molecular weight excluding hydrogens is 384 g/mol. The maximum Gasteiger partial charge on any atom is 0.283 e. The average molecular weight is 402 g/mol. The van der Waals surface area contributed by atoms with Gasteiger partial charge in [0.15, 0.2) is 0 Å². The molecule has 7 heteroatoms. The molecule has 0 spiro atoms. The van der Waals surface area contributed by atoms with Crippen LogP contribution in [0.4, 0.5) is 11.6 Å². The Morgan fingerprint density at radius 1 is 1.00 bits per heavy atom. The molecule has 0 aliphatic heterocycles. The maximum absolute atomic E-state index is 13.4. The van der Waals surface area contributed by atoms with Gasteiger partial charge < -0.3 is 5.32 Å². The number of rotatable bonds is 4. The Hall–Kier alpha value is -3.45. The Bertz CT molecular complexity index is 1260. The van der Waals surface area contributed by atoms with Gasteiger partial charge in [0.25, 0.3) is 11.5 Å². The fraction of sp³-hybridized carbons (Fsp3) is 0.136. The summed E-state index contributed by atoms with van der Waals surface area (Å²) >= 11 is 1.57. The molecule has 0 atom stereocenters. The van der Waals surface area contributed by atoms with Crippen molar-refractivity contribution in [1.29, 1.82) is 0 Å². The maximum atomic E-state index is 13.4. The Morgan fingerprint density at radius 2 is 1.72 bits per heavy atom. The summed E-state index contributed by atoms with van der Waals surface area (Å²) in [4.78, 5) is 32.8. The molecule has 144 valence electrons. The van der Waals surface area contributed by atoms with E-state index in [-0.39, 0.29) is 17.4 Å². The van der Waals surface area contributed by atoms with Crippen LogP contribution in [-0.4, -0.2) is 15.6 Å². The minimum atomic E-state index is -0.364. The third kappa shape index (κ3) is 3.19. The smallest absolute Gasteiger partial charge is 0.283 e. The fourth-order valence-electron chi connectivity index (χ4n) is 3.64. The van der Waals surface area contributed by atoms with Gasteiger partial charge in [0.05, 0.1) is 5.39 Å². The summed E-state index contributed by atoms with van der Waals surface area (Å²) in [5, 5.41) is 3.79. The number of hydrogen-bond acceptors (Lipinski definition) is 5. The van der Waals surface area contributed by atoms with E-state index in [4.69, 9.17) is 4.98 Å². The van der Waals surface area contributed by atoms with Crippen LogP contribution < -0.4 is 16.3 Å². The van der Waals surface area contributed by atoms with Crippen molar-refractivity contribution in [3.05, 3.63) is 87.0 Å². The molecule has 0 saturated carbocycles. The second-order valence-electron chi connectivity index (χ2n) is 6.91. The molecule has 6 nitrogen and oxygen atoms in total. The summed E-state index contributed by atoms with van der Waals surface area (Å²) in [7, 11) is 0. The van der Waals surface area contributed by atoms with Crippen molar-refractivity contribution >= 4 is 39.1 Å². The number of benzene rings is 2. The van der Waals surface area contributed by atoms with Crippen LogP contribution in [0.5, 0.6) is 0 Å². The minimum absolute atomic E-state index is 0.253. The van der Waals surface area contributed by atoms with Crippen molar-refractivity contribution in [3.63, 3.8) is 0 Å². The molecule has 5 rings (SSSR count). The largest absolute Gasteiger partial charge is 0.324 e. The topological polar surface area (TPSA) is 76.0 Å². The second kappa shape index (κ2) is 7.18. The van der Waals surface area contributed by atoms with Gasteiger partial charge in [0, 0.05) is 16.1 Å². The Morgan fingerprint density at radius 3 is 2.48 bits per heavy atom. The molecule has 0 radical (unpaired) electrons. The van der Waals surface area contributed by atoms with Crippen LogP contribution in [0.15, 0.2) is 65.5 Å². The molecule has 2 aromatic carbocycles. The first-order valence-electron chi connectivity index (χ1n) is 9.46. The molecule has 2 aromatic heterocycles. The number of amides is 1. The number of thiophene rings is 1. The van der Waals surface area contributed by atoms with Crippen LogP contribution in [0.1, 0.15) is 27.2 Å². The predicted molar refractivity (Wildman–Crippen MR) is 116 cm³/mol. The van der Waals surface area contributed by atoms with E-state index in [1.807, 2.05) is 36.4 Å². The lowest BCUT2D eigenvalue weighted by molar-refractivity contribution is 0.101. The summed E-state index contributed by atoms with van der Waals surface area (Å²) in [6.45, 7) is 0. The third-order valence-corrected chi connectivity index (χ3v) is 6.20. The highest BCUT2D eigenvalue weighted by molar-refractivity contribution is 7.18. The van der Waals surface area contributed by atoms with E-state index in [9.17, 15) is 9.59 Å². The predicted octanol–water partition coefficient (Wildman–Crippen LogP) is 4.07. The van der Waals surface area contributed by atoms with Crippen LogP contribution in [0.3, 0.4) is 0 Å². The molecule has 4 aromatic rings. The zero-order valence-corrected chi connectivity index (χ0v) is 16.3. The SMILES string of the molecule is O=C(Nn1c(Nc2ccccc2)nc2sc3c(c2c1=O)CCC3)c1ccccc1. The van der Waals surface area contributed by atoms with E-state index in [1.54, 1.807) is 35.6 Å². The van der Waals surface area contributed by atoms with E-state index >= 15 is 0 Å². The Labute approximate surface area is 170 Å². The minimum Gasteiger partial charge on any atom is -0.324 e. The van der Waals surface area contributed by atoms with Crippen LogP contribution in [-0.2, 0) is 12.8 Å². The zero-order chi connectivity index (χ0) is 19.8. The number of aromatic nitrogens is 2. The van der Waals surface area contributed by atoms with Crippen molar-refractivity contribution in [2.75, 3.05) is 10.7 Å². The fourth-order valence-corrected chi connectivity index (χ4v) is 4.89. The molecule has 0 bridgehead atoms. The zero-order valence-electron chi connectivity index (χ0n) is 15.5. The van der Waals surface area contributed by atoms with Gasteiger partial charge in [-0.05, 0) is 49.1 Å². The number of carbonyl (C=O) groups excluding carboxylic acids is 1. The van der Waals surface area contributed by atoms with E-state index in [0.717, 1.165) is 30.5 Å². The molecular formula is C22H18N4O2S. The first kappa shape index (κ1) is 17.6. The van der Waals surface area contributed by atoms with Crippen LogP contribution in [0.2, 0.25) is 0 Å². The molecule has 2 heterocycles. The van der Waals surface area contributed by atoms with Gasteiger partial charge in [-0.25, -0.2) is 4.98 Å².